The van der Waals surface area contributed by atoms with Gasteiger partial charge in [0.25, 0.3) is 0 Å². The third-order valence-corrected chi connectivity index (χ3v) is 5.16. The lowest BCUT2D eigenvalue weighted by Crippen LogP contribution is -2.10. The number of carboxylic acid groups (broad SMARTS) is 1. The summed E-state index contributed by atoms with van der Waals surface area (Å²) in [5.41, 5.74) is 4.11. The van der Waals surface area contributed by atoms with Crippen LogP contribution in [0.15, 0.2) is 54.6 Å². The number of carbonyl (C=O) groups is 1. The van der Waals surface area contributed by atoms with Gasteiger partial charge < -0.3 is 5.11 Å². The van der Waals surface area contributed by atoms with Gasteiger partial charge in [0, 0.05) is 16.0 Å². The molecule has 3 nitrogen and oxygen atoms in total. The maximum atomic E-state index is 11.2. The molecule has 3 rings (SSSR count). The Morgan fingerprint density at radius 3 is 2.20 bits per heavy atom. The Morgan fingerprint density at radius 1 is 1.00 bits per heavy atom. The zero-order valence-electron chi connectivity index (χ0n) is 14.6. The minimum atomic E-state index is -0.838. The first-order chi connectivity index (χ1) is 11.8. The Bertz CT molecular complexity index is 875. The van der Waals surface area contributed by atoms with Gasteiger partial charge in [-0.3, -0.25) is 4.79 Å². The standard InChI is InChI=1S/C21H21NO2S/c1-21(2,3)16-11-9-15(10-12-16)20-22-19(14-7-5-4-6-8-14)17(25-20)13-18(23)24/h4-12H,13H2,1-3H3,(H,23,24). The molecule has 25 heavy (non-hydrogen) atoms. The summed E-state index contributed by atoms with van der Waals surface area (Å²) in [6.45, 7) is 6.55. The minimum Gasteiger partial charge on any atom is -0.481 e. The van der Waals surface area contributed by atoms with Crippen LogP contribution in [0, 0.1) is 0 Å². The fourth-order valence-corrected chi connectivity index (χ4v) is 3.75. The summed E-state index contributed by atoms with van der Waals surface area (Å²) in [5, 5.41) is 10.1. The van der Waals surface area contributed by atoms with Gasteiger partial charge in [-0.05, 0) is 11.0 Å². The highest BCUT2D eigenvalue weighted by molar-refractivity contribution is 7.15. The number of rotatable bonds is 4. The molecule has 1 aromatic heterocycles. The predicted molar refractivity (Wildman–Crippen MR) is 103 cm³/mol. The van der Waals surface area contributed by atoms with E-state index in [9.17, 15) is 9.90 Å². The van der Waals surface area contributed by atoms with E-state index < -0.39 is 5.97 Å². The van der Waals surface area contributed by atoms with Crippen molar-refractivity contribution in [1.82, 2.24) is 4.98 Å². The molecule has 0 saturated heterocycles. The molecule has 0 atom stereocenters. The van der Waals surface area contributed by atoms with Crippen molar-refractivity contribution >= 4 is 17.3 Å². The molecule has 0 aliphatic rings. The van der Waals surface area contributed by atoms with Crippen LogP contribution in [0.4, 0.5) is 0 Å². The number of carboxylic acids is 1. The third kappa shape index (κ3) is 3.97. The summed E-state index contributed by atoms with van der Waals surface area (Å²) in [4.78, 5) is 16.8. The number of aromatic nitrogens is 1. The van der Waals surface area contributed by atoms with E-state index in [4.69, 9.17) is 4.98 Å². The molecule has 0 bridgehead atoms. The van der Waals surface area contributed by atoms with Gasteiger partial charge in [-0.25, -0.2) is 4.98 Å². The number of hydrogen-bond acceptors (Lipinski definition) is 3. The van der Waals surface area contributed by atoms with Gasteiger partial charge in [0.15, 0.2) is 0 Å². The third-order valence-electron chi connectivity index (χ3n) is 4.05. The van der Waals surface area contributed by atoms with Crippen molar-refractivity contribution in [2.75, 3.05) is 0 Å². The van der Waals surface area contributed by atoms with Gasteiger partial charge in [-0.2, -0.15) is 0 Å². The molecular formula is C21H21NO2S. The normalized spacial score (nSPS) is 11.5. The molecule has 0 spiro atoms. The molecule has 1 N–H and O–H groups in total. The molecule has 0 aliphatic carbocycles. The fourth-order valence-electron chi connectivity index (χ4n) is 2.67. The van der Waals surface area contributed by atoms with E-state index in [1.165, 1.54) is 16.9 Å². The molecule has 0 unspecified atom stereocenters. The molecule has 0 saturated carbocycles. The Labute approximate surface area is 152 Å². The van der Waals surface area contributed by atoms with Crippen molar-refractivity contribution in [1.29, 1.82) is 0 Å². The first kappa shape index (κ1) is 17.4. The molecule has 128 valence electrons. The Balaban J connectivity index is 2.03. The molecule has 0 fully saturated rings. The van der Waals surface area contributed by atoms with Crippen LogP contribution >= 0.6 is 11.3 Å². The molecule has 2 aromatic carbocycles. The van der Waals surface area contributed by atoms with Crippen molar-refractivity contribution in [3.05, 3.63) is 65.0 Å². The van der Waals surface area contributed by atoms with Crippen LogP contribution in [0.5, 0.6) is 0 Å². The van der Waals surface area contributed by atoms with Crippen LogP contribution in [0.2, 0.25) is 0 Å². The number of benzene rings is 2. The maximum absolute atomic E-state index is 11.2. The van der Waals surface area contributed by atoms with E-state index in [2.05, 4.69) is 45.0 Å². The van der Waals surface area contributed by atoms with E-state index >= 15 is 0 Å². The smallest absolute Gasteiger partial charge is 0.308 e. The van der Waals surface area contributed by atoms with Crippen LogP contribution in [0.25, 0.3) is 21.8 Å². The lowest BCUT2D eigenvalue weighted by Gasteiger charge is -2.18. The monoisotopic (exact) mass is 351 g/mol. The molecule has 4 heteroatoms. The van der Waals surface area contributed by atoms with Crippen LogP contribution in [-0.2, 0) is 16.6 Å². The first-order valence-electron chi connectivity index (χ1n) is 8.22. The summed E-state index contributed by atoms with van der Waals surface area (Å²) in [7, 11) is 0. The summed E-state index contributed by atoms with van der Waals surface area (Å²) in [6.07, 6.45) is -0.0119. The molecule has 0 amide bonds. The van der Waals surface area contributed by atoms with E-state index in [0.29, 0.717) is 0 Å². The van der Waals surface area contributed by atoms with Crippen molar-refractivity contribution in [2.45, 2.75) is 32.6 Å². The van der Waals surface area contributed by atoms with E-state index in [0.717, 1.165) is 26.7 Å². The zero-order valence-corrected chi connectivity index (χ0v) is 15.4. The Morgan fingerprint density at radius 2 is 1.64 bits per heavy atom. The van der Waals surface area contributed by atoms with Gasteiger partial charge in [0.05, 0.1) is 12.1 Å². The van der Waals surface area contributed by atoms with Crippen LogP contribution < -0.4 is 0 Å². The average Bonchev–Trinajstić information content (AvgIpc) is 2.98. The molecule has 3 aromatic rings. The zero-order chi connectivity index (χ0) is 18.0. The fraction of sp³-hybridized carbons (Fsp3) is 0.238. The molecule has 0 radical (unpaired) electrons. The summed E-state index contributed by atoms with van der Waals surface area (Å²) in [6, 6.07) is 18.1. The summed E-state index contributed by atoms with van der Waals surface area (Å²) in [5.74, 6) is -0.838. The van der Waals surface area contributed by atoms with Gasteiger partial charge in [0.1, 0.15) is 5.01 Å². The highest BCUT2D eigenvalue weighted by Crippen LogP contribution is 2.35. The number of hydrogen-bond donors (Lipinski definition) is 1. The number of aliphatic carboxylic acids is 1. The average molecular weight is 351 g/mol. The maximum Gasteiger partial charge on any atom is 0.308 e. The van der Waals surface area contributed by atoms with E-state index in [1.807, 2.05) is 30.3 Å². The second-order valence-electron chi connectivity index (χ2n) is 7.05. The van der Waals surface area contributed by atoms with Crippen LogP contribution in [-0.4, -0.2) is 16.1 Å². The SMILES string of the molecule is CC(C)(C)c1ccc(-c2nc(-c3ccccc3)c(CC(=O)O)s2)cc1. The quantitative estimate of drug-likeness (QED) is 0.684. The Kier molecular flexibility index (Phi) is 4.73. The van der Waals surface area contributed by atoms with Crippen molar-refractivity contribution in [2.24, 2.45) is 0 Å². The van der Waals surface area contributed by atoms with Crippen molar-refractivity contribution < 1.29 is 9.90 Å². The molecule has 1 heterocycles. The van der Waals surface area contributed by atoms with Crippen molar-refractivity contribution in [3.8, 4) is 21.8 Å². The van der Waals surface area contributed by atoms with Gasteiger partial charge >= 0.3 is 5.97 Å². The van der Waals surface area contributed by atoms with Gasteiger partial charge in [0.2, 0.25) is 0 Å². The van der Waals surface area contributed by atoms with E-state index in [-0.39, 0.29) is 11.8 Å². The second kappa shape index (κ2) is 6.81. The van der Waals surface area contributed by atoms with Crippen LogP contribution in [0.3, 0.4) is 0 Å². The largest absolute Gasteiger partial charge is 0.481 e. The predicted octanol–water partition coefficient (Wildman–Crippen LogP) is 5.40. The van der Waals surface area contributed by atoms with Gasteiger partial charge in [-0.1, -0.05) is 75.4 Å². The lowest BCUT2D eigenvalue weighted by molar-refractivity contribution is -0.136. The highest BCUT2D eigenvalue weighted by Gasteiger charge is 2.18. The summed E-state index contributed by atoms with van der Waals surface area (Å²) >= 11 is 1.46. The summed E-state index contributed by atoms with van der Waals surface area (Å²) < 4.78 is 0. The minimum absolute atomic E-state index is 0.0119. The van der Waals surface area contributed by atoms with Gasteiger partial charge in [-0.15, -0.1) is 11.3 Å². The molecule has 0 aliphatic heterocycles. The Hall–Kier alpha value is -2.46. The first-order valence-corrected chi connectivity index (χ1v) is 9.04. The second-order valence-corrected chi connectivity index (χ2v) is 8.14. The lowest BCUT2D eigenvalue weighted by atomic mass is 9.87. The topological polar surface area (TPSA) is 50.2 Å². The highest BCUT2D eigenvalue weighted by atomic mass is 32.1. The van der Waals surface area contributed by atoms with Crippen molar-refractivity contribution in [3.63, 3.8) is 0 Å². The molecular weight excluding hydrogens is 330 g/mol. The number of thiazole rings is 1. The number of nitrogens with zero attached hydrogens (tertiary/aromatic N) is 1. The van der Waals surface area contributed by atoms with Crippen LogP contribution in [0.1, 0.15) is 31.2 Å². The van der Waals surface area contributed by atoms with E-state index in [1.54, 1.807) is 0 Å².